The first-order valence-corrected chi connectivity index (χ1v) is 12.1. The molecule has 5 nitrogen and oxygen atoms in total. The van der Waals surface area contributed by atoms with Crippen molar-refractivity contribution in [1.29, 1.82) is 0 Å². The Morgan fingerprint density at radius 2 is 1.24 bits per heavy atom. The van der Waals surface area contributed by atoms with E-state index in [-0.39, 0.29) is 30.6 Å². The summed E-state index contributed by atoms with van der Waals surface area (Å²) >= 11 is 0. The number of nitrogens with one attached hydrogen (secondary N) is 1. The molecule has 1 aliphatic rings. The molecule has 0 saturated heterocycles. The van der Waals surface area contributed by atoms with Gasteiger partial charge in [-0.1, -0.05) is 64.2 Å². The Hall–Kier alpha value is -2.45. The van der Waals surface area contributed by atoms with Gasteiger partial charge >= 0.3 is 5.97 Å². The number of hydrogen-bond acceptors (Lipinski definition) is 4. The van der Waals surface area contributed by atoms with Gasteiger partial charge in [-0.15, -0.1) is 0 Å². The zero-order valence-corrected chi connectivity index (χ0v) is 19.4. The fourth-order valence-electron chi connectivity index (χ4n) is 4.15. The van der Waals surface area contributed by atoms with Crippen LogP contribution in [0.2, 0.25) is 0 Å². The van der Waals surface area contributed by atoms with E-state index in [4.69, 9.17) is 0 Å². The van der Waals surface area contributed by atoms with E-state index in [0.29, 0.717) is 0 Å². The zero-order chi connectivity index (χ0) is 24.9. The van der Waals surface area contributed by atoms with Crippen LogP contribution in [0.25, 0.3) is 0 Å². The fraction of sp³-hybridized carbons (Fsp3) is 0.640. The molecule has 190 valence electrons. The highest BCUT2D eigenvalue weighted by molar-refractivity contribution is 5.88. The molecule has 0 unspecified atom stereocenters. The number of halogens is 4. The molecule has 0 atom stereocenters. The predicted molar refractivity (Wildman–Crippen MR) is 118 cm³/mol. The van der Waals surface area contributed by atoms with Gasteiger partial charge in [0.05, 0.1) is 0 Å². The molecule has 1 aromatic carbocycles. The molecule has 1 N–H and O–H groups in total. The van der Waals surface area contributed by atoms with Gasteiger partial charge in [0, 0.05) is 24.8 Å². The molecule has 0 heterocycles. The molecule has 1 aromatic rings. The van der Waals surface area contributed by atoms with E-state index < -0.39 is 47.4 Å². The quantitative estimate of drug-likeness (QED) is 0.224. The van der Waals surface area contributed by atoms with Crippen LogP contribution in [0.3, 0.4) is 0 Å². The van der Waals surface area contributed by atoms with Gasteiger partial charge < -0.3 is 10.1 Å². The predicted octanol–water partition coefficient (Wildman–Crippen LogP) is 5.92. The largest absolute Gasteiger partial charge is 0.419 e. The molecular weight excluding hydrogens is 454 g/mol. The molecule has 0 spiro atoms. The number of ketones is 1. The van der Waals surface area contributed by atoms with Crippen LogP contribution in [0, 0.1) is 29.2 Å². The lowest BCUT2D eigenvalue weighted by molar-refractivity contribution is -0.136. The Morgan fingerprint density at radius 3 is 1.74 bits per heavy atom. The molecule has 1 fully saturated rings. The summed E-state index contributed by atoms with van der Waals surface area (Å²) < 4.78 is 57.8. The van der Waals surface area contributed by atoms with Crippen LogP contribution in [-0.2, 0) is 14.4 Å². The third kappa shape index (κ3) is 9.43. The highest BCUT2D eigenvalue weighted by atomic mass is 19.2. The van der Waals surface area contributed by atoms with Crippen molar-refractivity contribution in [2.45, 2.75) is 89.9 Å². The number of amides is 1. The number of Topliss-reactive ketones (excluding diaryl/α,β-unsaturated/α-hetero) is 1. The second-order valence-electron chi connectivity index (χ2n) is 8.82. The Bertz CT molecular complexity index is 806. The number of benzene rings is 1. The van der Waals surface area contributed by atoms with E-state index >= 15 is 0 Å². The van der Waals surface area contributed by atoms with Crippen molar-refractivity contribution < 1.29 is 36.7 Å². The number of rotatable bonds is 7. The minimum atomic E-state index is -1.85. The lowest BCUT2D eigenvalue weighted by Gasteiger charge is -2.16. The summed E-state index contributed by atoms with van der Waals surface area (Å²) in [6.45, 7) is -0.770. The molecule has 1 aliphatic carbocycles. The smallest absolute Gasteiger partial charge is 0.331 e. The van der Waals surface area contributed by atoms with Gasteiger partial charge in [0.2, 0.25) is 23.3 Å². The van der Waals surface area contributed by atoms with Gasteiger partial charge in [-0.3, -0.25) is 9.59 Å². The van der Waals surface area contributed by atoms with Crippen molar-refractivity contribution in [3.63, 3.8) is 0 Å². The summed E-state index contributed by atoms with van der Waals surface area (Å²) in [6.07, 6.45) is 13.1. The van der Waals surface area contributed by atoms with Crippen LogP contribution in [0.1, 0.15) is 89.9 Å². The van der Waals surface area contributed by atoms with Crippen LogP contribution in [0.4, 0.5) is 17.6 Å². The van der Waals surface area contributed by atoms with Crippen LogP contribution in [-0.4, -0.2) is 24.2 Å². The third-order valence-corrected chi connectivity index (χ3v) is 6.13. The van der Waals surface area contributed by atoms with Crippen LogP contribution < -0.4 is 10.1 Å². The summed E-state index contributed by atoms with van der Waals surface area (Å²) in [4.78, 5) is 36.5. The molecule has 1 saturated carbocycles. The average molecular weight is 488 g/mol. The maximum atomic E-state index is 13.6. The second-order valence-corrected chi connectivity index (χ2v) is 8.82. The standard InChI is InChI=1S/C25H33F4NO4/c26-18-15-19(27)24(29)25(23(18)28)34-22(33)16-30-21(32)14-13-20(31)17-11-9-7-5-3-1-2-4-6-8-10-12-17/h15,17H,1-14,16H2,(H,30,32). The third-order valence-electron chi connectivity index (χ3n) is 6.13. The van der Waals surface area contributed by atoms with Gasteiger partial charge in [-0.05, 0) is 12.8 Å². The van der Waals surface area contributed by atoms with E-state index in [0.717, 1.165) is 38.5 Å². The maximum absolute atomic E-state index is 13.6. The highest BCUT2D eigenvalue weighted by Gasteiger charge is 2.23. The topological polar surface area (TPSA) is 72.5 Å². The molecule has 1 amide bonds. The van der Waals surface area contributed by atoms with E-state index in [1.54, 1.807) is 0 Å². The Morgan fingerprint density at radius 1 is 0.765 bits per heavy atom. The lowest BCUT2D eigenvalue weighted by atomic mass is 9.89. The first kappa shape index (κ1) is 27.8. The molecule has 0 bridgehead atoms. The molecule has 0 radical (unpaired) electrons. The van der Waals surface area contributed by atoms with Crippen molar-refractivity contribution in [1.82, 2.24) is 5.32 Å². The minimum Gasteiger partial charge on any atom is -0.419 e. The Balaban J connectivity index is 1.77. The Kier molecular flexibility index (Phi) is 12.0. The molecular formula is C25H33F4NO4. The summed E-state index contributed by atoms with van der Waals surface area (Å²) in [6, 6.07) is -0.00946. The van der Waals surface area contributed by atoms with E-state index in [2.05, 4.69) is 10.1 Å². The van der Waals surface area contributed by atoms with Crippen LogP contribution in [0.15, 0.2) is 6.07 Å². The van der Waals surface area contributed by atoms with Gasteiger partial charge in [0.1, 0.15) is 12.3 Å². The van der Waals surface area contributed by atoms with Gasteiger partial charge in [0.25, 0.3) is 0 Å². The number of esters is 1. The van der Waals surface area contributed by atoms with Crippen molar-refractivity contribution >= 4 is 17.7 Å². The normalized spacial score (nSPS) is 16.6. The zero-order valence-electron chi connectivity index (χ0n) is 19.4. The number of carbonyl (C=O) groups excluding carboxylic acids is 3. The van der Waals surface area contributed by atoms with Crippen LogP contribution in [0.5, 0.6) is 5.75 Å². The minimum absolute atomic E-state index is 0.00946. The molecule has 2 rings (SSSR count). The van der Waals surface area contributed by atoms with Crippen molar-refractivity contribution in [3.05, 3.63) is 29.3 Å². The van der Waals surface area contributed by atoms with Crippen LogP contribution >= 0.6 is 0 Å². The van der Waals surface area contributed by atoms with E-state index in [9.17, 15) is 31.9 Å². The molecule has 0 aliphatic heterocycles. The Labute approximate surface area is 197 Å². The second kappa shape index (κ2) is 14.7. The van der Waals surface area contributed by atoms with Gasteiger partial charge in [-0.2, -0.15) is 8.78 Å². The summed E-state index contributed by atoms with van der Waals surface area (Å²) in [5, 5.41) is 2.19. The number of ether oxygens (including phenoxy) is 1. The van der Waals surface area contributed by atoms with Crippen molar-refractivity contribution in [3.8, 4) is 5.75 Å². The summed E-state index contributed by atoms with van der Waals surface area (Å²) in [5.41, 5.74) is 0. The van der Waals surface area contributed by atoms with Gasteiger partial charge in [0.15, 0.2) is 11.6 Å². The lowest BCUT2D eigenvalue weighted by Crippen LogP contribution is -2.32. The van der Waals surface area contributed by atoms with Gasteiger partial charge in [-0.25, -0.2) is 13.6 Å². The summed E-state index contributed by atoms with van der Waals surface area (Å²) in [7, 11) is 0. The number of hydrogen-bond donors (Lipinski definition) is 1. The molecule has 9 heteroatoms. The molecule has 34 heavy (non-hydrogen) atoms. The highest BCUT2D eigenvalue weighted by Crippen LogP contribution is 2.26. The maximum Gasteiger partial charge on any atom is 0.331 e. The van der Waals surface area contributed by atoms with Crippen molar-refractivity contribution in [2.24, 2.45) is 5.92 Å². The SMILES string of the molecule is O=C(CCC(=O)C1CCCCCCCCCCCC1)NCC(=O)Oc1c(F)c(F)cc(F)c1F. The van der Waals surface area contributed by atoms with E-state index in [1.165, 1.54) is 38.5 Å². The fourth-order valence-corrected chi connectivity index (χ4v) is 4.15. The molecule has 0 aromatic heterocycles. The summed E-state index contributed by atoms with van der Waals surface area (Å²) in [5.74, 6) is -10.6. The average Bonchev–Trinajstić information content (AvgIpc) is 2.84. The first-order valence-electron chi connectivity index (χ1n) is 12.1. The van der Waals surface area contributed by atoms with Crippen molar-refractivity contribution in [2.75, 3.05) is 6.54 Å². The number of carbonyl (C=O) groups is 3. The first-order chi connectivity index (χ1) is 16.3. The monoisotopic (exact) mass is 487 g/mol. The van der Waals surface area contributed by atoms with E-state index in [1.807, 2.05) is 0 Å².